The number of nitrogens with one attached hydrogen (secondary N) is 1. The second-order valence-electron chi connectivity index (χ2n) is 6.09. The molecular formula is C17H10Cl2F4N4O3S. The lowest BCUT2D eigenvalue weighted by molar-refractivity contribution is -0.139. The number of carbonyl (C=O) groups excluding carboxylic acids is 1. The van der Waals surface area contributed by atoms with E-state index in [-0.39, 0.29) is 21.4 Å². The van der Waals surface area contributed by atoms with Gasteiger partial charge >= 0.3 is 6.18 Å². The van der Waals surface area contributed by atoms with Crippen molar-refractivity contribution in [2.75, 3.05) is 0 Å². The van der Waals surface area contributed by atoms with Crippen molar-refractivity contribution in [2.45, 2.75) is 18.0 Å². The Hall–Kier alpha value is -2.70. The Balaban J connectivity index is 1.96. The van der Waals surface area contributed by atoms with Crippen molar-refractivity contribution >= 4 is 39.1 Å². The molecule has 0 saturated carbocycles. The molecule has 31 heavy (non-hydrogen) atoms. The maximum absolute atomic E-state index is 13.6. The lowest BCUT2D eigenvalue weighted by Crippen LogP contribution is -2.32. The zero-order chi connectivity index (χ0) is 23.1. The van der Waals surface area contributed by atoms with Gasteiger partial charge in [0.05, 0.1) is 31.9 Å². The van der Waals surface area contributed by atoms with Gasteiger partial charge < -0.3 is 0 Å². The van der Waals surface area contributed by atoms with Crippen LogP contribution in [0.3, 0.4) is 0 Å². The highest BCUT2D eigenvalue weighted by Gasteiger charge is 2.37. The van der Waals surface area contributed by atoms with Crippen LogP contribution in [0.25, 0.3) is 5.69 Å². The predicted octanol–water partition coefficient (Wildman–Crippen LogP) is 4.16. The number of hydrogen-bond donors (Lipinski definition) is 1. The summed E-state index contributed by atoms with van der Waals surface area (Å²) in [5.74, 6) is -2.20. The average molecular weight is 497 g/mol. The molecule has 1 heterocycles. The normalized spacial score (nSPS) is 12.1. The maximum Gasteiger partial charge on any atom is 0.417 e. The Labute approximate surface area is 182 Å². The Morgan fingerprint density at radius 2 is 1.71 bits per heavy atom. The van der Waals surface area contributed by atoms with Crippen molar-refractivity contribution in [1.82, 2.24) is 19.7 Å². The molecule has 0 saturated heterocycles. The van der Waals surface area contributed by atoms with E-state index < -0.39 is 44.1 Å². The fourth-order valence-corrected chi connectivity index (χ4v) is 4.27. The number of benzene rings is 2. The van der Waals surface area contributed by atoms with Crippen LogP contribution in [0.2, 0.25) is 10.0 Å². The third kappa shape index (κ3) is 4.50. The summed E-state index contributed by atoms with van der Waals surface area (Å²) in [7, 11) is -4.90. The first kappa shape index (κ1) is 23.0. The third-order valence-electron chi connectivity index (χ3n) is 4.03. The highest BCUT2D eigenvalue weighted by Crippen LogP contribution is 2.34. The first-order valence-corrected chi connectivity index (χ1v) is 10.4. The minimum atomic E-state index is -4.96. The second-order valence-corrected chi connectivity index (χ2v) is 8.55. The van der Waals surface area contributed by atoms with E-state index in [0.29, 0.717) is 12.1 Å². The highest BCUT2D eigenvalue weighted by molar-refractivity contribution is 7.90. The van der Waals surface area contributed by atoms with Crippen LogP contribution in [-0.4, -0.2) is 29.3 Å². The van der Waals surface area contributed by atoms with Crippen molar-refractivity contribution in [3.63, 3.8) is 0 Å². The molecule has 0 atom stereocenters. The molecule has 0 fully saturated rings. The van der Waals surface area contributed by atoms with Crippen LogP contribution >= 0.6 is 23.2 Å². The van der Waals surface area contributed by atoms with E-state index >= 15 is 0 Å². The zero-order valence-corrected chi connectivity index (χ0v) is 17.5. The molecule has 1 N–H and O–H groups in total. The maximum atomic E-state index is 13.6. The van der Waals surface area contributed by atoms with Crippen molar-refractivity contribution in [2.24, 2.45) is 0 Å². The van der Waals surface area contributed by atoms with Gasteiger partial charge in [-0.2, -0.15) is 13.2 Å². The monoisotopic (exact) mass is 496 g/mol. The lowest BCUT2D eigenvalue weighted by Gasteiger charge is -2.13. The number of halogens is 6. The van der Waals surface area contributed by atoms with Crippen molar-refractivity contribution in [3.8, 4) is 5.69 Å². The molecule has 0 spiro atoms. The fourth-order valence-electron chi connectivity index (χ4n) is 2.61. The Kier molecular flexibility index (Phi) is 6.00. The van der Waals surface area contributed by atoms with Gasteiger partial charge in [-0.3, -0.25) is 4.79 Å². The van der Waals surface area contributed by atoms with E-state index in [0.717, 1.165) is 28.9 Å². The Bertz CT molecular complexity index is 1270. The van der Waals surface area contributed by atoms with Crippen molar-refractivity contribution in [1.29, 1.82) is 0 Å². The zero-order valence-electron chi connectivity index (χ0n) is 15.2. The van der Waals surface area contributed by atoms with Crippen molar-refractivity contribution < 1.29 is 30.8 Å². The number of aromatic nitrogens is 3. The number of carbonyl (C=O) groups is 1. The number of alkyl halides is 3. The Morgan fingerprint density at radius 3 is 2.29 bits per heavy atom. The standard InChI is InChI=1S/C17H10Cl2F4N4O3S/c1-8-15(24-26-27(8)9-6-11(18)14(20)12(19)7-9)16(28)25-31(29,30)13-5-3-2-4-10(13)17(21,22)23/h2-7H,1H3,(H,25,28). The summed E-state index contributed by atoms with van der Waals surface area (Å²) in [6.45, 7) is 1.33. The first-order chi connectivity index (χ1) is 14.3. The van der Waals surface area contributed by atoms with E-state index in [1.165, 1.54) is 6.92 Å². The molecule has 0 radical (unpaired) electrons. The van der Waals surface area contributed by atoms with Gasteiger partial charge in [-0.25, -0.2) is 22.2 Å². The molecule has 0 aliphatic rings. The molecule has 3 rings (SSSR count). The van der Waals surface area contributed by atoms with E-state index in [4.69, 9.17) is 23.2 Å². The number of hydrogen-bond acceptors (Lipinski definition) is 5. The number of rotatable bonds is 4. The van der Waals surface area contributed by atoms with Gasteiger partial charge in [0.25, 0.3) is 15.9 Å². The van der Waals surface area contributed by atoms with E-state index in [1.807, 2.05) is 0 Å². The molecule has 0 aliphatic heterocycles. The fraction of sp³-hybridized carbons (Fsp3) is 0.118. The SMILES string of the molecule is Cc1c(C(=O)NS(=O)(=O)c2ccccc2C(F)(F)F)nnn1-c1cc(Cl)c(F)c(Cl)c1. The summed E-state index contributed by atoms with van der Waals surface area (Å²) >= 11 is 11.5. The summed E-state index contributed by atoms with van der Waals surface area (Å²) in [4.78, 5) is 11.3. The van der Waals surface area contributed by atoms with Crippen LogP contribution in [0.5, 0.6) is 0 Å². The highest BCUT2D eigenvalue weighted by atomic mass is 35.5. The van der Waals surface area contributed by atoms with Crippen LogP contribution in [0.1, 0.15) is 21.7 Å². The van der Waals surface area contributed by atoms with Crippen LogP contribution in [0.4, 0.5) is 17.6 Å². The Morgan fingerprint density at radius 1 is 1.13 bits per heavy atom. The summed E-state index contributed by atoms with van der Waals surface area (Å²) in [5, 5.41) is 6.55. The molecule has 164 valence electrons. The summed E-state index contributed by atoms with van der Waals surface area (Å²) in [5.41, 5.74) is -1.82. The van der Waals surface area contributed by atoms with Gasteiger partial charge in [0.2, 0.25) is 0 Å². The van der Waals surface area contributed by atoms with Crippen LogP contribution < -0.4 is 4.72 Å². The van der Waals surface area contributed by atoms with Gasteiger partial charge in [0, 0.05) is 0 Å². The van der Waals surface area contributed by atoms with Crippen LogP contribution in [0.15, 0.2) is 41.3 Å². The second kappa shape index (κ2) is 8.09. The molecule has 14 heteroatoms. The number of amides is 1. The molecule has 0 unspecified atom stereocenters. The van der Waals surface area contributed by atoms with E-state index in [9.17, 15) is 30.8 Å². The molecule has 1 aromatic heterocycles. The van der Waals surface area contributed by atoms with Gasteiger partial charge in [-0.15, -0.1) is 5.10 Å². The van der Waals surface area contributed by atoms with Gasteiger partial charge in [-0.05, 0) is 31.2 Å². The topological polar surface area (TPSA) is 93.9 Å². The van der Waals surface area contributed by atoms with Gasteiger partial charge in [0.15, 0.2) is 11.5 Å². The van der Waals surface area contributed by atoms with Crippen molar-refractivity contribution in [3.05, 3.63) is 69.2 Å². The molecular weight excluding hydrogens is 487 g/mol. The smallest absolute Gasteiger partial charge is 0.266 e. The molecule has 1 amide bonds. The summed E-state index contributed by atoms with van der Waals surface area (Å²) in [6, 6.07) is 5.66. The molecule has 0 bridgehead atoms. The van der Waals surface area contributed by atoms with Gasteiger partial charge in [0.1, 0.15) is 0 Å². The first-order valence-electron chi connectivity index (χ1n) is 8.13. The number of sulfonamides is 1. The quantitative estimate of drug-likeness (QED) is 0.432. The molecule has 3 aromatic rings. The molecule has 0 aliphatic carbocycles. The number of nitrogens with zero attached hydrogens (tertiary/aromatic N) is 3. The minimum absolute atomic E-state index is 0.00412. The van der Waals surface area contributed by atoms with E-state index in [1.54, 1.807) is 4.72 Å². The summed E-state index contributed by atoms with van der Waals surface area (Å²) < 4.78 is 80.5. The third-order valence-corrected chi connectivity index (χ3v) is 5.97. The van der Waals surface area contributed by atoms with Crippen LogP contribution in [-0.2, 0) is 16.2 Å². The van der Waals surface area contributed by atoms with E-state index in [2.05, 4.69) is 10.3 Å². The van der Waals surface area contributed by atoms with Gasteiger partial charge in [-0.1, -0.05) is 40.5 Å². The summed E-state index contributed by atoms with van der Waals surface area (Å²) in [6.07, 6.45) is -4.96. The minimum Gasteiger partial charge on any atom is -0.266 e. The predicted molar refractivity (Wildman–Crippen MR) is 102 cm³/mol. The lowest BCUT2D eigenvalue weighted by atomic mass is 10.2. The molecule has 7 nitrogen and oxygen atoms in total. The average Bonchev–Trinajstić information content (AvgIpc) is 3.06. The largest absolute Gasteiger partial charge is 0.417 e. The van der Waals surface area contributed by atoms with Crippen LogP contribution in [0, 0.1) is 12.7 Å². The molecule has 2 aromatic carbocycles.